The van der Waals surface area contributed by atoms with Crippen LogP contribution in [-0.4, -0.2) is 37.6 Å². The summed E-state index contributed by atoms with van der Waals surface area (Å²) in [6, 6.07) is 10.9. The molecule has 3 rings (SSSR count). The van der Waals surface area contributed by atoms with E-state index in [2.05, 4.69) is 10.6 Å². The van der Waals surface area contributed by atoms with E-state index in [1.165, 1.54) is 29.4 Å². The zero-order chi connectivity index (χ0) is 21.9. The van der Waals surface area contributed by atoms with Gasteiger partial charge in [0.25, 0.3) is 5.91 Å². The van der Waals surface area contributed by atoms with E-state index < -0.39 is 15.9 Å². The zero-order valence-electron chi connectivity index (χ0n) is 16.8. The SMILES string of the molecule is CC(=O)Nc1cccc(C(C)NC(=O)c2cc(S(=O)(=O)N3CCCC3)ccc2Cl)c1. The molecule has 2 amide bonds. The largest absolute Gasteiger partial charge is 0.345 e. The van der Waals surface area contributed by atoms with Crippen molar-refractivity contribution < 1.29 is 18.0 Å². The van der Waals surface area contributed by atoms with E-state index in [9.17, 15) is 18.0 Å². The van der Waals surface area contributed by atoms with E-state index in [4.69, 9.17) is 11.6 Å². The van der Waals surface area contributed by atoms with Gasteiger partial charge in [0.1, 0.15) is 0 Å². The molecule has 0 radical (unpaired) electrons. The van der Waals surface area contributed by atoms with Gasteiger partial charge in [-0.05, 0) is 55.7 Å². The summed E-state index contributed by atoms with van der Waals surface area (Å²) in [7, 11) is -3.65. The van der Waals surface area contributed by atoms with Crippen LogP contribution >= 0.6 is 11.6 Å². The number of anilines is 1. The summed E-state index contributed by atoms with van der Waals surface area (Å²) >= 11 is 6.20. The van der Waals surface area contributed by atoms with Gasteiger partial charge in [-0.1, -0.05) is 23.7 Å². The molecule has 1 unspecified atom stereocenters. The maximum atomic E-state index is 12.8. The Morgan fingerprint density at radius 3 is 2.47 bits per heavy atom. The Kier molecular flexibility index (Phi) is 6.80. The van der Waals surface area contributed by atoms with Crippen molar-refractivity contribution in [2.24, 2.45) is 0 Å². The molecule has 0 saturated carbocycles. The Morgan fingerprint density at radius 2 is 1.80 bits per heavy atom. The second-order valence-corrected chi connectivity index (χ2v) is 9.60. The molecule has 2 aromatic rings. The first-order valence-corrected chi connectivity index (χ1v) is 11.5. The van der Waals surface area contributed by atoms with E-state index in [0.717, 1.165) is 18.4 Å². The third-order valence-corrected chi connectivity index (χ3v) is 7.16. The Morgan fingerprint density at radius 1 is 1.10 bits per heavy atom. The molecule has 7 nitrogen and oxygen atoms in total. The van der Waals surface area contributed by atoms with Crippen molar-refractivity contribution in [2.45, 2.75) is 37.6 Å². The van der Waals surface area contributed by atoms with E-state index >= 15 is 0 Å². The minimum Gasteiger partial charge on any atom is -0.345 e. The molecule has 1 aliphatic rings. The summed E-state index contributed by atoms with van der Waals surface area (Å²) in [5.74, 6) is -0.664. The van der Waals surface area contributed by atoms with Gasteiger partial charge in [-0.2, -0.15) is 4.31 Å². The lowest BCUT2D eigenvalue weighted by molar-refractivity contribution is -0.114. The molecule has 160 valence electrons. The third kappa shape index (κ3) is 5.00. The van der Waals surface area contributed by atoms with Crippen LogP contribution in [0.2, 0.25) is 5.02 Å². The Bertz CT molecular complexity index is 1070. The lowest BCUT2D eigenvalue weighted by atomic mass is 10.1. The van der Waals surface area contributed by atoms with Crippen LogP contribution < -0.4 is 10.6 Å². The number of benzene rings is 2. The molecule has 2 aromatic carbocycles. The Hall–Kier alpha value is -2.42. The molecule has 0 aliphatic carbocycles. The molecule has 1 fully saturated rings. The van der Waals surface area contributed by atoms with Crippen LogP contribution in [0.1, 0.15) is 48.7 Å². The van der Waals surface area contributed by atoms with E-state index in [1.807, 2.05) is 6.07 Å². The van der Waals surface area contributed by atoms with Gasteiger partial charge in [0, 0.05) is 25.7 Å². The van der Waals surface area contributed by atoms with Gasteiger partial charge in [0.2, 0.25) is 15.9 Å². The number of amides is 2. The number of rotatable bonds is 6. The van der Waals surface area contributed by atoms with Crippen LogP contribution in [0.25, 0.3) is 0 Å². The van der Waals surface area contributed by atoms with Crippen molar-refractivity contribution in [2.75, 3.05) is 18.4 Å². The standard InChI is InChI=1S/C21H24ClN3O4S/c1-14(16-6-5-7-17(12-16)24-15(2)26)23-21(27)19-13-18(8-9-20(19)22)30(28,29)25-10-3-4-11-25/h5-9,12-14H,3-4,10-11H2,1-2H3,(H,23,27)(H,24,26). The van der Waals surface area contributed by atoms with Crippen LogP contribution in [-0.2, 0) is 14.8 Å². The summed E-state index contributed by atoms with van der Waals surface area (Å²) < 4.78 is 27.0. The molecule has 1 aliphatic heterocycles. The highest BCUT2D eigenvalue weighted by molar-refractivity contribution is 7.89. The highest BCUT2D eigenvalue weighted by Crippen LogP contribution is 2.26. The molecule has 1 saturated heterocycles. The summed E-state index contributed by atoms with van der Waals surface area (Å²) in [6.07, 6.45) is 1.66. The molecule has 2 N–H and O–H groups in total. The predicted octanol–water partition coefficient (Wildman–Crippen LogP) is 3.57. The van der Waals surface area contributed by atoms with Gasteiger partial charge >= 0.3 is 0 Å². The summed E-state index contributed by atoms with van der Waals surface area (Å²) in [5, 5.41) is 5.71. The van der Waals surface area contributed by atoms with Crippen molar-refractivity contribution in [1.82, 2.24) is 9.62 Å². The average Bonchev–Trinajstić information content (AvgIpc) is 3.23. The normalized spacial score (nSPS) is 15.6. The summed E-state index contributed by atoms with van der Waals surface area (Å²) in [6.45, 7) is 4.18. The molecule has 30 heavy (non-hydrogen) atoms. The minimum absolute atomic E-state index is 0.0549. The molecular weight excluding hydrogens is 426 g/mol. The van der Waals surface area contributed by atoms with Gasteiger partial charge in [0.15, 0.2) is 0 Å². The van der Waals surface area contributed by atoms with E-state index in [0.29, 0.717) is 18.8 Å². The van der Waals surface area contributed by atoms with Crippen molar-refractivity contribution in [3.63, 3.8) is 0 Å². The van der Waals surface area contributed by atoms with Crippen LogP contribution in [0.5, 0.6) is 0 Å². The number of carbonyl (C=O) groups is 2. The number of carbonyl (C=O) groups excluding carboxylic acids is 2. The number of hydrogen-bond donors (Lipinski definition) is 2. The minimum atomic E-state index is -3.65. The Balaban J connectivity index is 1.80. The number of sulfonamides is 1. The monoisotopic (exact) mass is 449 g/mol. The molecule has 1 atom stereocenters. The number of halogens is 1. The van der Waals surface area contributed by atoms with Gasteiger partial charge in [-0.15, -0.1) is 0 Å². The first-order valence-electron chi connectivity index (χ1n) is 9.66. The van der Waals surface area contributed by atoms with Gasteiger partial charge in [-0.3, -0.25) is 9.59 Å². The summed E-state index contributed by atoms with van der Waals surface area (Å²) in [5.41, 5.74) is 1.51. The molecule has 0 bridgehead atoms. The van der Waals surface area contributed by atoms with Crippen molar-refractivity contribution >= 4 is 39.1 Å². The van der Waals surface area contributed by atoms with Crippen LogP contribution in [0.3, 0.4) is 0 Å². The molecule has 0 aromatic heterocycles. The van der Waals surface area contributed by atoms with E-state index in [1.54, 1.807) is 25.1 Å². The van der Waals surface area contributed by atoms with Crippen molar-refractivity contribution in [3.05, 3.63) is 58.6 Å². The van der Waals surface area contributed by atoms with Crippen LogP contribution in [0.4, 0.5) is 5.69 Å². The zero-order valence-corrected chi connectivity index (χ0v) is 18.4. The van der Waals surface area contributed by atoms with Gasteiger partial charge < -0.3 is 10.6 Å². The smallest absolute Gasteiger partial charge is 0.253 e. The average molecular weight is 450 g/mol. The maximum Gasteiger partial charge on any atom is 0.253 e. The number of nitrogens with one attached hydrogen (secondary N) is 2. The fourth-order valence-corrected chi connectivity index (χ4v) is 5.11. The van der Waals surface area contributed by atoms with Crippen molar-refractivity contribution in [1.29, 1.82) is 0 Å². The fourth-order valence-electron chi connectivity index (χ4n) is 3.36. The summed E-state index contributed by atoms with van der Waals surface area (Å²) in [4.78, 5) is 24.1. The fraction of sp³-hybridized carbons (Fsp3) is 0.333. The second kappa shape index (κ2) is 9.16. The molecule has 0 spiro atoms. The van der Waals surface area contributed by atoms with Gasteiger partial charge in [-0.25, -0.2) is 8.42 Å². The number of hydrogen-bond acceptors (Lipinski definition) is 4. The van der Waals surface area contributed by atoms with E-state index in [-0.39, 0.29) is 27.4 Å². The van der Waals surface area contributed by atoms with Crippen LogP contribution in [0, 0.1) is 0 Å². The second-order valence-electron chi connectivity index (χ2n) is 7.25. The molecular formula is C21H24ClN3O4S. The molecule has 1 heterocycles. The first-order chi connectivity index (χ1) is 14.2. The maximum absolute atomic E-state index is 12.8. The van der Waals surface area contributed by atoms with Gasteiger partial charge in [0.05, 0.1) is 21.5 Å². The van der Waals surface area contributed by atoms with Crippen molar-refractivity contribution in [3.8, 4) is 0 Å². The highest BCUT2D eigenvalue weighted by Gasteiger charge is 2.28. The topological polar surface area (TPSA) is 95.6 Å². The molecule has 9 heteroatoms. The lowest BCUT2D eigenvalue weighted by Gasteiger charge is -2.18. The first kappa shape index (κ1) is 22.3. The Labute approximate surface area is 181 Å². The third-order valence-electron chi connectivity index (χ3n) is 4.94. The quantitative estimate of drug-likeness (QED) is 0.704. The predicted molar refractivity (Wildman–Crippen MR) is 116 cm³/mol. The number of nitrogens with zero attached hydrogens (tertiary/aromatic N) is 1. The lowest BCUT2D eigenvalue weighted by Crippen LogP contribution is -2.29. The van der Waals surface area contributed by atoms with Crippen LogP contribution in [0.15, 0.2) is 47.4 Å². The highest BCUT2D eigenvalue weighted by atomic mass is 35.5.